The van der Waals surface area contributed by atoms with Crippen molar-refractivity contribution in [3.05, 3.63) is 78.5 Å². The molecule has 2 aromatic carbocycles. The van der Waals surface area contributed by atoms with E-state index in [2.05, 4.69) is 30.1 Å². The van der Waals surface area contributed by atoms with Gasteiger partial charge in [0.1, 0.15) is 47.2 Å². The molecule has 0 saturated carbocycles. The second-order valence-electron chi connectivity index (χ2n) is 13.4. The fourth-order valence-electron chi connectivity index (χ4n) is 7.76. The topological polar surface area (TPSA) is 128 Å². The molecule has 6 aromatic rings. The number of hydrogen-bond acceptors (Lipinski definition) is 10. The van der Waals surface area contributed by atoms with Gasteiger partial charge >= 0.3 is 6.61 Å². The Morgan fingerprint density at radius 3 is 2.77 bits per heavy atom. The summed E-state index contributed by atoms with van der Waals surface area (Å²) in [5.41, 5.74) is 2.70. The number of carbonyl (C=O) groups excluding carboxylic acids is 1. The van der Waals surface area contributed by atoms with E-state index in [1.807, 2.05) is 39.5 Å². The molecule has 272 valence electrons. The Morgan fingerprint density at radius 1 is 1.02 bits per heavy atom. The van der Waals surface area contributed by atoms with Crippen LogP contribution in [0.3, 0.4) is 0 Å². The van der Waals surface area contributed by atoms with Crippen molar-refractivity contribution in [3.8, 4) is 22.7 Å². The van der Waals surface area contributed by atoms with E-state index in [1.165, 1.54) is 35.4 Å². The van der Waals surface area contributed by atoms with Gasteiger partial charge in [0.05, 0.1) is 41.0 Å². The third-order valence-electron chi connectivity index (χ3n) is 9.99. The zero-order valence-electron chi connectivity index (χ0n) is 28.3. The number of pyridine rings is 1. The molecule has 3 aliphatic heterocycles. The second-order valence-corrected chi connectivity index (χ2v) is 13.4. The molecule has 6 bridgehead atoms. The lowest BCUT2D eigenvalue weighted by molar-refractivity contribution is -0.133. The van der Waals surface area contributed by atoms with Gasteiger partial charge in [-0.2, -0.15) is 13.9 Å². The average Bonchev–Trinajstić information content (AvgIpc) is 3.77. The number of halogens is 4. The van der Waals surface area contributed by atoms with Crippen LogP contribution in [-0.4, -0.2) is 96.1 Å². The molecule has 3 atom stereocenters. The van der Waals surface area contributed by atoms with Crippen molar-refractivity contribution in [1.29, 1.82) is 0 Å². The minimum Gasteiger partial charge on any atom is -0.432 e. The molecule has 3 aliphatic rings. The van der Waals surface area contributed by atoms with Gasteiger partial charge in [0.15, 0.2) is 11.4 Å². The number of benzene rings is 2. The van der Waals surface area contributed by atoms with Crippen molar-refractivity contribution in [3.63, 3.8) is 0 Å². The lowest BCUT2D eigenvalue weighted by Gasteiger charge is -2.31. The summed E-state index contributed by atoms with van der Waals surface area (Å²) in [7, 11) is 0. The van der Waals surface area contributed by atoms with Gasteiger partial charge in [0.2, 0.25) is 5.91 Å². The molecule has 9 rings (SSSR count). The normalized spacial score (nSPS) is 20.4. The molecule has 4 aromatic heterocycles. The number of hydrogen-bond donors (Lipinski definition) is 1. The highest BCUT2D eigenvalue weighted by atomic mass is 19.3. The number of aryl methyl sites for hydroxylation is 1. The predicted octanol–water partition coefficient (Wildman–Crippen LogP) is 5.11. The van der Waals surface area contributed by atoms with Gasteiger partial charge in [-0.25, -0.2) is 33.4 Å². The quantitative estimate of drug-likeness (QED) is 0.245. The third-order valence-corrected chi connectivity index (χ3v) is 9.99. The molecule has 0 radical (unpaired) electrons. The Morgan fingerprint density at radius 2 is 1.91 bits per heavy atom. The van der Waals surface area contributed by atoms with Crippen LogP contribution in [0.25, 0.3) is 39.0 Å². The number of ether oxygens (including phenoxy) is 2. The number of carbonyl (C=O) groups is 1. The minimum absolute atomic E-state index is 0.0507. The summed E-state index contributed by atoms with van der Waals surface area (Å²) in [6, 6.07) is 10.7. The van der Waals surface area contributed by atoms with Crippen LogP contribution in [0.5, 0.6) is 5.75 Å². The van der Waals surface area contributed by atoms with Gasteiger partial charge in [0, 0.05) is 50.0 Å². The Labute approximate surface area is 299 Å². The minimum atomic E-state index is -3.20. The maximum atomic E-state index is 15.0. The van der Waals surface area contributed by atoms with E-state index >= 15 is 4.39 Å². The summed E-state index contributed by atoms with van der Waals surface area (Å²) in [6.45, 7) is 0.636. The van der Waals surface area contributed by atoms with Crippen molar-refractivity contribution >= 4 is 39.6 Å². The van der Waals surface area contributed by atoms with E-state index in [9.17, 15) is 18.0 Å². The molecule has 17 heteroatoms. The van der Waals surface area contributed by atoms with Gasteiger partial charge < -0.3 is 29.2 Å². The highest BCUT2D eigenvalue weighted by molar-refractivity contribution is 5.94. The number of anilines is 2. The van der Waals surface area contributed by atoms with Crippen molar-refractivity contribution in [1.82, 2.24) is 39.2 Å². The molecule has 0 aliphatic carbocycles. The van der Waals surface area contributed by atoms with Crippen LogP contribution in [0.15, 0.2) is 61.1 Å². The van der Waals surface area contributed by atoms with E-state index in [1.54, 1.807) is 0 Å². The first-order valence-corrected chi connectivity index (χ1v) is 17.2. The molecule has 13 nitrogen and oxygen atoms in total. The van der Waals surface area contributed by atoms with Crippen LogP contribution in [0.4, 0.5) is 29.2 Å². The summed E-state index contributed by atoms with van der Waals surface area (Å²) < 4.78 is 69.9. The van der Waals surface area contributed by atoms with Crippen LogP contribution in [0.2, 0.25) is 0 Å². The molecule has 2 saturated heterocycles. The van der Waals surface area contributed by atoms with Crippen LogP contribution < -0.4 is 15.0 Å². The molecule has 7 heterocycles. The molecule has 0 unspecified atom stereocenters. The summed E-state index contributed by atoms with van der Waals surface area (Å²) in [4.78, 5) is 37.0. The third kappa shape index (κ3) is 5.93. The predicted molar refractivity (Wildman–Crippen MR) is 185 cm³/mol. The van der Waals surface area contributed by atoms with Gasteiger partial charge in [-0.15, -0.1) is 0 Å². The number of alkyl halides is 2. The average molecular weight is 729 g/mol. The maximum Gasteiger partial charge on any atom is 0.387 e. The van der Waals surface area contributed by atoms with Gasteiger partial charge in [0.25, 0.3) is 0 Å². The number of nitrogens with one attached hydrogen (secondary N) is 1. The Hall–Kier alpha value is -5.84. The zero-order valence-corrected chi connectivity index (χ0v) is 28.3. The molecule has 1 amide bonds. The van der Waals surface area contributed by atoms with Gasteiger partial charge in [-0.1, -0.05) is 6.07 Å². The number of fused-ring (bicyclic) bond motifs is 8. The SMILES string of the molecule is Cc1nc2cc(F)cc3c2n1C[C@H]1CN(CCCO1)C(=O)[C@@H]1C[C@@H](CN1c1ncnc2c1cnn2-c1ccc(F)cc1OC(F)F)Nc1cccc-3n1. The number of rotatable bonds is 4. The number of nitrogens with zero attached hydrogens (tertiary/aromatic N) is 9. The summed E-state index contributed by atoms with van der Waals surface area (Å²) >= 11 is 0. The van der Waals surface area contributed by atoms with E-state index in [-0.39, 0.29) is 29.4 Å². The summed E-state index contributed by atoms with van der Waals surface area (Å²) in [5, 5.41) is 8.36. The van der Waals surface area contributed by atoms with Gasteiger partial charge in [-0.3, -0.25) is 4.79 Å². The second kappa shape index (κ2) is 13.0. The fraction of sp³-hybridized carbons (Fsp3) is 0.333. The highest BCUT2D eigenvalue weighted by Crippen LogP contribution is 2.36. The van der Waals surface area contributed by atoms with Crippen LogP contribution >= 0.6 is 0 Å². The largest absolute Gasteiger partial charge is 0.432 e. The van der Waals surface area contributed by atoms with E-state index in [0.717, 1.165) is 17.6 Å². The standard InChI is InChI=1S/C36H32F4N10O3/c1-19-44-27-11-21(38)10-24-26-4-2-5-31(46-26)45-22-13-29(35(51)47-8-3-9-52-23(16-47)17-48(19)32(24)27)49(15-22)33-25-14-43-50(34(25)42-18-41-33)28-7-6-20(37)12-30(28)53-36(39)40/h2,4-7,10-12,14,18,22-23,29,36H,3,8-9,13,15-17H2,1H3,(H,45,46)/t22-,23+,29-/m0/s1. The Kier molecular flexibility index (Phi) is 8.09. The molecule has 2 fully saturated rings. The van der Waals surface area contributed by atoms with Gasteiger partial charge in [-0.05, 0) is 50.1 Å². The summed E-state index contributed by atoms with van der Waals surface area (Å²) in [6.07, 6.45) is 3.45. The van der Waals surface area contributed by atoms with E-state index in [4.69, 9.17) is 9.72 Å². The van der Waals surface area contributed by atoms with Crippen molar-refractivity contribution < 1.29 is 31.8 Å². The first kappa shape index (κ1) is 33.0. The van der Waals surface area contributed by atoms with Crippen molar-refractivity contribution in [2.45, 2.75) is 51.1 Å². The van der Waals surface area contributed by atoms with Crippen molar-refractivity contribution in [2.75, 3.05) is 36.5 Å². The molecule has 0 spiro atoms. The first-order valence-electron chi connectivity index (χ1n) is 17.2. The summed E-state index contributed by atoms with van der Waals surface area (Å²) in [5.74, 6) is -0.0767. The smallest absolute Gasteiger partial charge is 0.387 e. The van der Waals surface area contributed by atoms with Crippen LogP contribution in [-0.2, 0) is 16.1 Å². The fourth-order valence-corrected chi connectivity index (χ4v) is 7.76. The molecular formula is C36H32F4N10O3. The highest BCUT2D eigenvalue weighted by Gasteiger charge is 2.42. The Balaban J connectivity index is 1.14. The number of amides is 1. The molecule has 1 N–H and O–H groups in total. The lowest BCUT2D eigenvalue weighted by Crippen LogP contribution is -2.48. The van der Waals surface area contributed by atoms with Crippen molar-refractivity contribution in [2.24, 2.45) is 0 Å². The Bertz CT molecular complexity index is 2390. The number of aromatic nitrogens is 7. The zero-order chi connectivity index (χ0) is 36.4. The number of imidazole rings is 1. The molecule has 53 heavy (non-hydrogen) atoms. The van der Waals surface area contributed by atoms with E-state index in [0.29, 0.717) is 85.2 Å². The lowest BCUT2D eigenvalue weighted by atomic mass is 10.1. The van der Waals surface area contributed by atoms with E-state index < -0.39 is 30.0 Å². The first-order chi connectivity index (χ1) is 25.7. The molecular weight excluding hydrogens is 696 g/mol. The monoisotopic (exact) mass is 728 g/mol. The maximum absolute atomic E-state index is 15.0. The van der Waals surface area contributed by atoms with Crippen LogP contribution in [0.1, 0.15) is 18.7 Å². The van der Waals surface area contributed by atoms with Crippen LogP contribution in [0, 0.1) is 18.6 Å².